The summed E-state index contributed by atoms with van der Waals surface area (Å²) >= 11 is 0. The van der Waals surface area contributed by atoms with E-state index in [0.717, 1.165) is 16.7 Å². The van der Waals surface area contributed by atoms with Crippen LogP contribution in [0.4, 0.5) is 4.39 Å². The molecule has 0 saturated carbocycles. The molecule has 35 heavy (non-hydrogen) atoms. The van der Waals surface area contributed by atoms with Gasteiger partial charge in [0.15, 0.2) is 0 Å². The molecular weight excluding hydrogens is 464 g/mol. The van der Waals surface area contributed by atoms with Crippen LogP contribution in [0.3, 0.4) is 0 Å². The maximum absolute atomic E-state index is 13.7. The van der Waals surface area contributed by atoms with E-state index in [1.165, 1.54) is 18.2 Å². The smallest absolute Gasteiger partial charge is 0.550 e. The van der Waals surface area contributed by atoms with Crippen molar-refractivity contribution in [2.24, 2.45) is 0 Å². The Hall–Kier alpha value is -1.65. The number of hydrogen-bond acceptors (Lipinski definition) is 7. The molecule has 0 aliphatic rings. The molecule has 0 aliphatic carbocycles. The third kappa shape index (κ3) is 8.75. The first-order valence-electron chi connectivity index (χ1n) is 11.3. The van der Waals surface area contributed by atoms with E-state index in [4.69, 9.17) is 9.72 Å². The molecule has 3 N–H and O–H groups in total. The van der Waals surface area contributed by atoms with Crippen LogP contribution in [0.5, 0.6) is 0 Å². The number of benzene rings is 1. The molecule has 2 aromatic rings. The fraction of sp³-hybridized carbons (Fsp3) is 0.462. The first kappa shape index (κ1) is 31.4. The van der Waals surface area contributed by atoms with Gasteiger partial charge in [0, 0.05) is 43.0 Å². The van der Waals surface area contributed by atoms with Crippen molar-refractivity contribution in [2.45, 2.75) is 64.3 Å². The second-order valence-electron chi connectivity index (χ2n) is 8.72. The zero-order chi connectivity index (χ0) is 25.4. The molecule has 1 aromatic heterocycles. The van der Waals surface area contributed by atoms with Crippen molar-refractivity contribution in [3.05, 3.63) is 58.7 Å². The number of aliphatic carboxylic acids is 1. The number of rotatable bonds is 12. The summed E-state index contributed by atoms with van der Waals surface area (Å²) in [5, 5.41) is 40.8. The molecule has 3 unspecified atom stereocenters. The van der Waals surface area contributed by atoms with Crippen molar-refractivity contribution in [1.82, 2.24) is 4.98 Å². The summed E-state index contributed by atoms with van der Waals surface area (Å²) in [6, 6.07) is 6.02. The number of hydrogen-bond donors (Lipinski definition) is 3. The van der Waals surface area contributed by atoms with Gasteiger partial charge in [0.1, 0.15) is 5.82 Å². The van der Waals surface area contributed by atoms with Crippen molar-refractivity contribution >= 4 is 12.0 Å². The third-order valence-electron chi connectivity index (χ3n) is 5.51. The number of aliphatic hydroxyl groups is 3. The Labute approximate surface area is 228 Å². The molecule has 0 saturated heterocycles. The SMILES string of the molecule is COCc1c(C(C)CO)nc(C(C)C)c(C=CC(O)CC(O)CC(=O)[O-])c1-c1ccc(F)cc1.[Na+]. The predicted octanol–water partition coefficient (Wildman–Crippen LogP) is -0.478. The summed E-state index contributed by atoms with van der Waals surface area (Å²) in [7, 11) is 1.55. The average Bonchev–Trinajstić information content (AvgIpc) is 2.77. The Morgan fingerprint density at radius 1 is 1.17 bits per heavy atom. The number of ether oxygens (including phenoxy) is 1. The van der Waals surface area contributed by atoms with E-state index in [9.17, 15) is 29.6 Å². The van der Waals surface area contributed by atoms with Crippen LogP contribution in [0.1, 0.15) is 68.0 Å². The van der Waals surface area contributed by atoms with E-state index in [-0.39, 0.29) is 66.8 Å². The standard InChI is InChI=1S/C26H34FNO6.Na/c1-15(2)25-21(10-9-19(30)11-20(31)12-23(32)33)24(17-5-7-18(27)8-6-17)22(14-34-4)26(28-25)16(3)13-29;/h5-10,15-16,19-20,29-31H,11-14H2,1-4H3,(H,32,33);/q;+1/p-1. The van der Waals surface area contributed by atoms with Crippen LogP contribution < -0.4 is 34.7 Å². The van der Waals surface area contributed by atoms with Crippen LogP contribution in [-0.4, -0.2) is 52.2 Å². The number of aromatic nitrogens is 1. The van der Waals surface area contributed by atoms with Gasteiger partial charge in [0.2, 0.25) is 0 Å². The normalized spacial score (nSPS) is 14.1. The van der Waals surface area contributed by atoms with Crippen molar-refractivity contribution in [3.8, 4) is 11.1 Å². The molecule has 0 radical (unpaired) electrons. The Balaban J connectivity index is 0.00000612. The number of carboxylic acids is 1. The fourth-order valence-electron chi connectivity index (χ4n) is 3.86. The Morgan fingerprint density at radius 3 is 2.31 bits per heavy atom. The number of carbonyl (C=O) groups excluding carboxylic acids is 1. The van der Waals surface area contributed by atoms with E-state index in [1.807, 2.05) is 20.8 Å². The minimum Gasteiger partial charge on any atom is -0.550 e. The number of pyridine rings is 1. The fourth-order valence-corrected chi connectivity index (χ4v) is 3.86. The Bertz CT molecular complexity index is 996. The molecule has 7 nitrogen and oxygen atoms in total. The van der Waals surface area contributed by atoms with Crippen LogP contribution in [0.25, 0.3) is 17.2 Å². The van der Waals surface area contributed by atoms with Gasteiger partial charge in [0.25, 0.3) is 0 Å². The Kier molecular flexibility index (Phi) is 13.3. The zero-order valence-corrected chi connectivity index (χ0v) is 23.0. The van der Waals surface area contributed by atoms with Gasteiger partial charge < -0.3 is 30.0 Å². The molecular formula is C26H33FNNaO6. The topological polar surface area (TPSA) is 123 Å². The van der Waals surface area contributed by atoms with E-state index in [0.29, 0.717) is 17.0 Å². The third-order valence-corrected chi connectivity index (χ3v) is 5.51. The summed E-state index contributed by atoms with van der Waals surface area (Å²) in [4.78, 5) is 15.6. The number of halogens is 1. The van der Waals surface area contributed by atoms with Crippen LogP contribution >= 0.6 is 0 Å². The van der Waals surface area contributed by atoms with Crippen molar-refractivity contribution in [1.29, 1.82) is 0 Å². The van der Waals surface area contributed by atoms with Crippen molar-refractivity contribution in [2.75, 3.05) is 13.7 Å². The molecule has 9 heteroatoms. The molecule has 1 aromatic carbocycles. The summed E-state index contributed by atoms with van der Waals surface area (Å²) in [6.07, 6.45) is 0.0456. The van der Waals surface area contributed by atoms with Gasteiger partial charge in [-0.3, -0.25) is 4.98 Å². The second kappa shape index (κ2) is 14.8. The summed E-state index contributed by atoms with van der Waals surface area (Å²) in [5.41, 5.74) is 4.29. The van der Waals surface area contributed by atoms with Gasteiger partial charge in [-0.25, -0.2) is 4.39 Å². The van der Waals surface area contributed by atoms with Crippen molar-refractivity contribution in [3.63, 3.8) is 0 Å². The molecule has 1 heterocycles. The van der Waals surface area contributed by atoms with Gasteiger partial charge in [-0.1, -0.05) is 45.1 Å². The first-order valence-corrected chi connectivity index (χ1v) is 11.3. The van der Waals surface area contributed by atoms with Crippen molar-refractivity contribution < 1.29 is 63.9 Å². The molecule has 0 fully saturated rings. The zero-order valence-electron chi connectivity index (χ0n) is 21.0. The van der Waals surface area contributed by atoms with Crippen LogP contribution in [0.15, 0.2) is 30.3 Å². The Morgan fingerprint density at radius 2 is 1.80 bits per heavy atom. The van der Waals surface area contributed by atoms with Crippen LogP contribution in [0, 0.1) is 5.82 Å². The molecule has 2 rings (SSSR count). The number of carbonyl (C=O) groups is 1. The van der Waals surface area contributed by atoms with Crippen LogP contribution in [-0.2, 0) is 16.1 Å². The maximum atomic E-state index is 13.7. The quantitative estimate of drug-likeness (QED) is 0.339. The number of aliphatic hydroxyl groups excluding tert-OH is 3. The molecule has 0 aliphatic heterocycles. The average molecular weight is 498 g/mol. The molecule has 0 amide bonds. The maximum Gasteiger partial charge on any atom is 1.00 e. The number of nitrogens with zero attached hydrogens (tertiary/aromatic N) is 1. The van der Waals surface area contributed by atoms with Gasteiger partial charge in [-0.15, -0.1) is 0 Å². The summed E-state index contributed by atoms with van der Waals surface area (Å²) in [5.74, 6) is -2.08. The van der Waals surface area contributed by atoms with Gasteiger partial charge in [-0.2, -0.15) is 0 Å². The molecule has 3 atom stereocenters. The number of carboxylic acid groups (broad SMARTS) is 1. The van der Waals surface area contributed by atoms with E-state index in [2.05, 4.69) is 0 Å². The van der Waals surface area contributed by atoms with E-state index >= 15 is 0 Å². The first-order chi connectivity index (χ1) is 16.1. The summed E-state index contributed by atoms with van der Waals surface area (Å²) in [6.45, 7) is 5.88. The molecule has 0 spiro atoms. The van der Waals surface area contributed by atoms with Crippen LogP contribution in [0.2, 0.25) is 0 Å². The van der Waals surface area contributed by atoms with Gasteiger partial charge in [-0.05, 0) is 29.2 Å². The van der Waals surface area contributed by atoms with Gasteiger partial charge >= 0.3 is 29.6 Å². The largest absolute Gasteiger partial charge is 1.00 e. The second-order valence-corrected chi connectivity index (χ2v) is 8.72. The number of methoxy groups -OCH3 is 1. The minimum absolute atomic E-state index is 0. The predicted molar refractivity (Wildman–Crippen MR) is 125 cm³/mol. The monoisotopic (exact) mass is 497 g/mol. The van der Waals surface area contributed by atoms with Gasteiger partial charge in [0.05, 0.1) is 36.8 Å². The summed E-state index contributed by atoms with van der Waals surface area (Å²) < 4.78 is 19.2. The van der Waals surface area contributed by atoms with E-state index in [1.54, 1.807) is 25.3 Å². The van der Waals surface area contributed by atoms with E-state index < -0.39 is 24.6 Å². The molecule has 0 bridgehead atoms. The minimum atomic E-state index is -1.40. The molecule has 186 valence electrons.